The van der Waals surface area contributed by atoms with Crippen LogP contribution in [0.15, 0.2) is 5.11 Å². The molecule has 2 unspecified atom stereocenters. The number of nitrogens with zero attached hydrogens (tertiary/aromatic N) is 3. The van der Waals surface area contributed by atoms with Gasteiger partial charge in [0.1, 0.15) is 11.3 Å². The Balaban J connectivity index is 2.51. The first-order valence-electron chi connectivity index (χ1n) is 12.6. The molecule has 0 radical (unpaired) electrons. The molecule has 1 aromatic carbocycles. The molecule has 0 heterocycles. The molecule has 0 aliphatic rings. The second kappa shape index (κ2) is 14.8. The molecule has 1 rings (SSSR count). The van der Waals surface area contributed by atoms with Crippen LogP contribution in [0.4, 0.5) is 23.2 Å². The minimum absolute atomic E-state index is 0.113. The van der Waals surface area contributed by atoms with Crippen LogP contribution < -0.4 is 5.32 Å². The van der Waals surface area contributed by atoms with Crippen LogP contribution in [0.5, 0.6) is 0 Å². The summed E-state index contributed by atoms with van der Waals surface area (Å²) >= 11 is 0. The summed E-state index contributed by atoms with van der Waals surface area (Å²) in [4.78, 5) is 26.7. The fourth-order valence-corrected chi connectivity index (χ4v) is 4.08. The smallest absolute Gasteiger partial charge is 0.344 e. The second-order valence-corrected chi connectivity index (χ2v) is 10.8. The third-order valence-corrected chi connectivity index (χ3v) is 6.29. The Bertz CT molecular complexity index is 966. The fraction of sp³-hybridized carbons (Fsp3) is 0.692. The number of hydrogen-bond donors (Lipinski definition) is 1. The summed E-state index contributed by atoms with van der Waals surface area (Å²) < 4.78 is 60.5. The first-order valence-corrected chi connectivity index (χ1v) is 12.6. The zero-order valence-electron chi connectivity index (χ0n) is 22.5. The van der Waals surface area contributed by atoms with E-state index in [1.807, 2.05) is 13.8 Å². The summed E-state index contributed by atoms with van der Waals surface area (Å²) in [7, 11) is 0. The van der Waals surface area contributed by atoms with Gasteiger partial charge in [0, 0.05) is 16.9 Å². The maximum Gasteiger partial charge on any atom is 0.344 e. The molecule has 0 saturated heterocycles. The molecule has 1 amide bonds. The average molecular weight is 531 g/mol. The van der Waals surface area contributed by atoms with Crippen LogP contribution in [0.3, 0.4) is 0 Å². The molecule has 1 N–H and O–H groups in total. The van der Waals surface area contributed by atoms with Crippen molar-refractivity contribution >= 4 is 17.6 Å². The molecule has 0 fully saturated rings. The number of nitrogens with one attached hydrogen (secondary N) is 1. The van der Waals surface area contributed by atoms with Crippen molar-refractivity contribution in [3.8, 4) is 0 Å². The lowest BCUT2D eigenvalue weighted by Gasteiger charge is -2.27. The molecule has 0 saturated carbocycles. The number of carbonyl (C=O) groups is 2. The topological polar surface area (TPSA) is 104 Å². The first-order chi connectivity index (χ1) is 17.2. The molecule has 7 nitrogen and oxygen atoms in total. The van der Waals surface area contributed by atoms with Crippen molar-refractivity contribution in [2.24, 2.45) is 28.3 Å². The van der Waals surface area contributed by atoms with E-state index in [9.17, 15) is 27.2 Å². The highest BCUT2D eigenvalue weighted by atomic mass is 19.2. The third-order valence-electron chi connectivity index (χ3n) is 6.29. The number of benzene rings is 1. The number of rotatable bonds is 15. The summed E-state index contributed by atoms with van der Waals surface area (Å²) in [6.45, 7) is 12.3. The summed E-state index contributed by atoms with van der Waals surface area (Å²) in [5.41, 5.74) is 4.56. The first kappa shape index (κ1) is 32.2. The quantitative estimate of drug-likeness (QED) is 0.0477. The van der Waals surface area contributed by atoms with E-state index < -0.39 is 45.9 Å². The van der Waals surface area contributed by atoms with Crippen LogP contribution in [0.1, 0.15) is 90.4 Å². The molecule has 0 aliphatic heterocycles. The van der Waals surface area contributed by atoms with E-state index >= 15 is 0 Å². The predicted octanol–water partition coefficient (Wildman–Crippen LogP) is 7.75. The molecular weight excluding hydrogens is 492 g/mol. The van der Waals surface area contributed by atoms with Crippen LogP contribution >= 0.6 is 0 Å². The predicted molar refractivity (Wildman–Crippen MR) is 133 cm³/mol. The lowest BCUT2D eigenvalue weighted by atomic mass is 9.80. The maximum absolute atomic E-state index is 14.0. The van der Waals surface area contributed by atoms with Gasteiger partial charge in [0.05, 0.1) is 6.61 Å². The molecule has 37 heavy (non-hydrogen) atoms. The van der Waals surface area contributed by atoms with Crippen molar-refractivity contribution < 1.29 is 31.9 Å². The SMILES string of the molecule is CC(C)CCC(C)CCC(C)CC(C)(C)C(=O)NCCCOC(=O)c1c(F)c(F)c(N=[N+]=[N-])c(F)c1F. The van der Waals surface area contributed by atoms with Gasteiger partial charge in [-0.15, -0.1) is 0 Å². The number of ether oxygens (including phenoxy) is 1. The van der Waals surface area contributed by atoms with E-state index in [1.54, 1.807) is 0 Å². The van der Waals surface area contributed by atoms with Crippen LogP contribution in [0.2, 0.25) is 0 Å². The average Bonchev–Trinajstić information content (AvgIpc) is 2.82. The Kier molecular flexibility index (Phi) is 12.9. The van der Waals surface area contributed by atoms with Crippen molar-refractivity contribution in [1.29, 1.82) is 0 Å². The molecule has 208 valence electrons. The Hall–Kier alpha value is -2.81. The van der Waals surface area contributed by atoms with Crippen LogP contribution in [0, 0.1) is 46.4 Å². The van der Waals surface area contributed by atoms with Crippen LogP contribution in [-0.4, -0.2) is 25.0 Å². The molecule has 0 spiro atoms. The lowest BCUT2D eigenvalue weighted by Crippen LogP contribution is -2.38. The number of azide groups is 1. The largest absolute Gasteiger partial charge is 0.462 e. The molecule has 0 bridgehead atoms. The van der Waals surface area contributed by atoms with Crippen LogP contribution in [0.25, 0.3) is 10.4 Å². The molecule has 1 aromatic rings. The third kappa shape index (κ3) is 9.87. The Morgan fingerprint density at radius 3 is 2.03 bits per heavy atom. The molecule has 0 aromatic heterocycles. The highest BCUT2D eigenvalue weighted by Crippen LogP contribution is 2.31. The molecule has 11 heteroatoms. The number of carbonyl (C=O) groups excluding carboxylic acids is 2. The minimum atomic E-state index is -2.02. The van der Waals surface area contributed by atoms with Gasteiger partial charge in [0.2, 0.25) is 5.91 Å². The van der Waals surface area contributed by atoms with Gasteiger partial charge in [0.15, 0.2) is 23.3 Å². The maximum atomic E-state index is 14.0. The highest BCUT2D eigenvalue weighted by molar-refractivity contribution is 5.90. The van der Waals surface area contributed by atoms with Gasteiger partial charge in [-0.1, -0.05) is 72.3 Å². The van der Waals surface area contributed by atoms with Crippen molar-refractivity contribution in [3.05, 3.63) is 39.3 Å². The molecular formula is C26H38F4N4O3. The normalized spacial score (nSPS) is 13.2. The zero-order valence-corrected chi connectivity index (χ0v) is 22.5. The van der Waals surface area contributed by atoms with Gasteiger partial charge >= 0.3 is 5.97 Å². The van der Waals surface area contributed by atoms with E-state index in [-0.39, 0.29) is 25.5 Å². The second-order valence-electron chi connectivity index (χ2n) is 10.8. The number of halogens is 4. The van der Waals surface area contributed by atoms with Crippen molar-refractivity contribution in [3.63, 3.8) is 0 Å². The van der Waals surface area contributed by atoms with E-state index in [2.05, 4.69) is 43.0 Å². The number of amides is 1. The fourth-order valence-electron chi connectivity index (χ4n) is 4.08. The number of hydrogen-bond acceptors (Lipinski definition) is 4. The van der Waals surface area contributed by atoms with Gasteiger partial charge in [-0.25, -0.2) is 22.4 Å². The highest BCUT2D eigenvalue weighted by Gasteiger charge is 2.31. The Morgan fingerprint density at radius 2 is 1.49 bits per heavy atom. The Labute approximate surface area is 216 Å². The van der Waals surface area contributed by atoms with E-state index in [0.29, 0.717) is 24.2 Å². The van der Waals surface area contributed by atoms with Crippen molar-refractivity contribution in [2.45, 2.75) is 80.1 Å². The summed E-state index contributed by atoms with van der Waals surface area (Å²) in [5.74, 6) is -8.15. The van der Waals surface area contributed by atoms with Gasteiger partial charge in [0.25, 0.3) is 0 Å². The summed E-state index contributed by atoms with van der Waals surface area (Å²) in [6.07, 6.45) is 5.36. The zero-order chi connectivity index (χ0) is 28.3. The monoisotopic (exact) mass is 530 g/mol. The van der Waals surface area contributed by atoms with Crippen molar-refractivity contribution in [1.82, 2.24) is 5.32 Å². The van der Waals surface area contributed by atoms with E-state index in [4.69, 9.17) is 10.3 Å². The van der Waals surface area contributed by atoms with Gasteiger partial charge in [-0.05, 0) is 36.1 Å². The molecule has 0 aliphatic carbocycles. The Morgan fingerprint density at radius 1 is 0.946 bits per heavy atom. The summed E-state index contributed by atoms with van der Waals surface area (Å²) in [6, 6.07) is 0. The van der Waals surface area contributed by atoms with Gasteiger partial charge in [-0.3, -0.25) is 4.79 Å². The standard InChI is InChI=1S/C26H38F4N4O3/c1-15(2)8-9-16(3)10-11-17(4)14-26(5,6)25(36)32-12-7-13-37-24(35)18-19(27)21(29)23(33-34-31)22(30)20(18)28/h15-17H,7-14H2,1-6H3,(H,32,36). The minimum Gasteiger partial charge on any atom is -0.462 e. The van der Waals surface area contributed by atoms with Crippen molar-refractivity contribution in [2.75, 3.05) is 13.2 Å². The summed E-state index contributed by atoms with van der Waals surface area (Å²) in [5, 5.41) is 5.31. The molecule has 2 atom stereocenters. The van der Waals surface area contributed by atoms with Gasteiger partial charge < -0.3 is 10.1 Å². The van der Waals surface area contributed by atoms with Gasteiger partial charge in [-0.2, -0.15) is 0 Å². The lowest BCUT2D eigenvalue weighted by molar-refractivity contribution is -0.130. The number of esters is 1. The van der Waals surface area contributed by atoms with Crippen LogP contribution in [-0.2, 0) is 9.53 Å². The van der Waals surface area contributed by atoms with E-state index in [0.717, 1.165) is 12.8 Å². The van der Waals surface area contributed by atoms with E-state index in [1.165, 1.54) is 12.8 Å².